The van der Waals surface area contributed by atoms with Crippen LogP contribution in [0.2, 0.25) is 0 Å². The third-order valence-corrected chi connectivity index (χ3v) is 2.82. The summed E-state index contributed by atoms with van der Waals surface area (Å²) in [6.45, 7) is 2.18. The molecule has 2 N–H and O–H groups in total. The molecule has 0 bridgehead atoms. The molecule has 20 heavy (non-hydrogen) atoms. The fraction of sp³-hybridized carbons (Fsp3) is 0.500. The van der Waals surface area contributed by atoms with E-state index in [1.165, 1.54) is 0 Å². The number of nitrogens with one attached hydrogen (secondary N) is 2. The summed E-state index contributed by atoms with van der Waals surface area (Å²) in [5.74, 6) is -0.460. The van der Waals surface area contributed by atoms with Gasteiger partial charge >= 0.3 is 6.18 Å². The molecule has 0 aromatic carbocycles. The van der Waals surface area contributed by atoms with Crippen LogP contribution in [0.25, 0.3) is 0 Å². The number of hydrogen-bond acceptors (Lipinski definition) is 4. The molecular weight excluding hydrogens is 275 g/mol. The topological polar surface area (TPSA) is 63.2 Å². The van der Waals surface area contributed by atoms with E-state index in [0.717, 1.165) is 18.3 Å². The summed E-state index contributed by atoms with van der Waals surface area (Å²) < 4.78 is 42.2. The van der Waals surface area contributed by atoms with E-state index in [4.69, 9.17) is 4.74 Å². The molecule has 2 rings (SSSR count). The van der Waals surface area contributed by atoms with Gasteiger partial charge in [0.2, 0.25) is 0 Å². The molecule has 0 saturated carbocycles. The van der Waals surface area contributed by atoms with Crippen LogP contribution >= 0.6 is 0 Å². The Balaban J connectivity index is 1.89. The Hall–Kier alpha value is -1.67. The maximum Gasteiger partial charge on any atom is 0.433 e. The van der Waals surface area contributed by atoms with E-state index >= 15 is 0 Å². The molecule has 2 heterocycles. The number of alkyl halides is 3. The molecule has 8 heteroatoms. The van der Waals surface area contributed by atoms with Crippen molar-refractivity contribution < 1.29 is 22.7 Å². The molecule has 5 nitrogen and oxygen atoms in total. The molecule has 0 aliphatic carbocycles. The first-order valence-corrected chi connectivity index (χ1v) is 6.09. The number of nitrogens with zero attached hydrogens (tertiary/aromatic N) is 1. The van der Waals surface area contributed by atoms with Gasteiger partial charge in [-0.2, -0.15) is 13.2 Å². The molecule has 1 aliphatic heterocycles. The molecule has 1 atom stereocenters. The number of halogens is 3. The highest BCUT2D eigenvalue weighted by Crippen LogP contribution is 2.27. The van der Waals surface area contributed by atoms with E-state index in [2.05, 4.69) is 15.6 Å². The lowest BCUT2D eigenvalue weighted by Crippen LogP contribution is -2.48. The number of carbonyl (C=O) groups excluding carboxylic acids is 1. The van der Waals surface area contributed by atoms with E-state index in [-0.39, 0.29) is 11.6 Å². The van der Waals surface area contributed by atoms with E-state index in [1.807, 2.05) is 0 Å². The number of ether oxygens (including phenoxy) is 1. The fourth-order valence-electron chi connectivity index (χ4n) is 1.76. The maximum atomic E-state index is 12.3. The normalized spacial score (nSPS) is 19.6. The largest absolute Gasteiger partial charge is 0.433 e. The summed E-state index contributed by atoms with van der Waals surface area (Å²) >= 11 is 0. The van der Waals surface area contributed by atoms with Crippen molar-refractivity contribution >= 4 is 5.91 Å². The predicted molar refractivity (Wildman–Crippen MR) is 64.2 cm³/mol. The van der Waals surface area contributed by atoms with Gasteiger partial charge in [0.1, 0.15) is 5.69 Å². The summed E-state index contributed by atoms with van der Waals surface area (Å²) in [5.41, 5.74) is -0.925. The van der Waals surface area contributed by atoms with E-state index in [1.54, 1.807) is 0 Å². The summed E-state index contributed by atoms with van der Waals surface area (Å²) in [7, 11) is 0. The first-order chi connectivity index (χ1) is 9.47. The van der Waals surface area contributed by atoms with Gasteiger partial charge in [-0.3, -0.25) is 9.78 Å². The number of hydrogen-bond donors (Lipinski definition) is 2. The van der Waals surface area contributed by atoms with Crippen LogP contribution < -0.4 is 10.6 Å². The molecule has 110 valence electrons. The molecule has 0 spiro atoms. The second-order valence-electron chi connectivity index (χ2n) is 4.37. The van der Waals surface area contributed by atoms with E-state index in [0.29, 0.717) is 26.3 Å². The van der Waals surface area contributed by atoms with Crippen LogP contribution in [0.15, 0.2) is 18.3 Å². The number of carbonyl (C=O) groups is 1. The smallest absolute Gasteiger partial charge is 0.378 e. The van der Waals surface area contributed by atoms with Crippen LogP contribution in [-0.4, -0.2) is 43.2 Å². The average molecular weight is 289 g/mol. The van der Waals surface area contributed by atoms with Gasteiger partial charge in [-0.05, 0) is 12.1 Å². The van der Waals surface area contributed by atoms with Gasteiger partial charge in [0.15, 0.2) is 0 Å². The summed E-state index contributed by atoms with van der Waals surface area (Å²) in [6, 6.07) is 1.91. The minimum atomic E-state index is -4.50. The lowest BCUT2D eigenvalue weighted by atomic mass is 10.2. The van der Waals surface area contributed by atoms with Crippen LogP contribution in [0, 0.1) is 0 Å². The first kappa shape index (κ1) is 14.7. The lowest BCUT2D eigenvalue weighted by Gasteiger charge is -2.23. The maximum absolute atomic E-state index is 12.3. The van der Waals surface area contributed by atoms with Gasteiger partial charge in [0.25, 0.3) is 5.91 Å². The van der Waals surface area contributed by atoms with Crippen molar-refractivity contribution in [2.75, 3.05) is 26.3 Å². The second kappa shape index (κ2) is 6.19. The Morgan fingerprint density at radius 1 is 1.50 bits per heavy atom. The number of pyridine rings is 1. The molecular formula is C12H14F3N3O2. The molecule has 1 unspecified atom stereocenters. The van der Waals surface area contributed by atoms with Crippen molar-refractivity contribution in [1.29, 1.82) is 0 Å². The van der Waals surface area contributed by atoms with Crippen molar-refractivity contribution in [2.45, 2.75) is 12.2 Å². The number of amides is 1. The highest BCUT2D eigenvalue weighted by Gasteiger charge is 2.32. The Bertz CT molecular complexity index is 456. The number of aromatic nitrogens is 1. The van der Waals surface area contributed by atoms with Gasteiger partial charge in [0.05, 0.1) is 18.8 Å². The Kier molecular flexibility index (Phi) is 4.56. The van der Waals surface area contributed by atoms with Crippen molar-refractivity contribution in [1.82, 2.24) is 15.6 Å². The van der Waals surface area contributed by atoms with Gasteiger partial charge in [-0.25, -0.2) is 0 Å². The quantitative estimate of drug-likeness (QED) is 0.865. The SMILES string of the molecule is O=C(NCC1COCCN1)c1ccc(C(F)(F)F)nc1. The number of morpholine rings is 1. The highest BCUT2D eigenvalue weighted by molar-refractivity contribution is 5.93. The first-order valence-electron chi connectivity index (χ1n) is 6.09. The van der Waals surface area contributed by atoms with E-state index < -0.39 is 17.8 Å². The molecule has 1 aliphatic rings. The Labute approximate surface area is 113 Å². The summed E-state index contributed by atoms with van der Waals surface area (Å²) in [6.07, 6.45) is -3.58. The zero-order valence-electron chi connectivity index (χ0n) is 10.5. The van der Waals surface area contributed by atoms with Gasteiger partial charge in [0, 0.05) is 25.3 Å². The van der Waals surface area contributed by atoms with Crippen LogP contribution in [0.1, 0.15) is 16.1 Å². The monoisotopic (exact) mass is 289 g/mol. The van der Waals surface area contributed by atoms with Crippen LogP contribution in [0.5, 0.6) is 0 Å². The third kappa shape index (κ3) is 3.91. The lowest BCUT2D eigenvalue weighted by molar-refractivity contribution is -0.141. The van der Waals surface area contributed by atoms with Crippen LogP contribution in [0.4, 0.5) is 13.2 Å². The zero-order valence-corrected chi connectivity index (χ0v) is 10.5. The van der Waals surface area contributed by atoms with Crippen molar-refractivity contribution in [3.05, 3.63) is 29.6 Å². The highest BCUT2D eigenvalue weighted by atomic mass is 19.4. The van der Waals surface area contributed by atoms with Crippen molar-refractivity contribution in [3.8, 4) is 0 Å². The molecule has 1 amide bonds. The Morgan fingerprint density at radius 2 is 2.30 bits per heavy atom. The van der Waals surface area contributed by atoms with Crippen molar-refractivity contribution in [2.24, 2.45) is 0 Å². The second-order valence-corrected chi connectivity index (χ2v) is 4.37. The molecule has 1 fully saturated rings. The van der Waals surface area contributed by atoms with Crippen LogP contribution in [0.3, 0.4) is 0 Å². The third-order valence-electron chi connectivity index (χ3n) is 2.82. The standard InChI is InChI=1S/C12H14F3N3O2/c13-12(14,15)10-2-1-8(5-17-10)11(19)18-6-9-7-20-4-3-16-9/h1-2,5,9,16H,3-4,6-7H2,(H,18,19). The van der Waals surface area contributed by atoms with Gasteiger partial charge < -0.3 is 15.4 Å². The Morgan fingerprint density at radius 3 is 2.85 bits per heavy atom. The minimum Gasteiger partial charge on any atom is -0.378 e. The molecule has 1 saturated heterocycles. The van der Waals surface area contributed by atoms with E-state index in [9.17, 15) is 18.0 Å². The fourth-order valence-corrected chi connectivity index (χ4v) is 1.76. The predicted octanol–water partition coefficient (Wildman–Crippen LogP) is 0.819. The average Bonchev–Trinajstić information content (AvgIpc) is 2.45. The van der Waals surface area contributed by atoms with Crippen LogP contribution in [-0.2, 0) is 10.9 Å². The minimum absolute atomic E-state index is 0.00936. The van der Waals surface area contributed by atoms with Crippen molar-refractivity contribution in [3.63, 3.8) is 0 Å². The summed E-state index contributed by atoms with van der Waals surface area (Å²) in [5, 5.41) is 5.77. The zero-order chi connectivity index (χ0) is 14.6. The summed E-state index contributed by atoms with van der Waals surface area (Å²) in [4.78, 5) is 15.0. The van der Waals surface area contributed by atoms with Gasteiger partial charge in [-0.1, -0.05) is 0 Å². The molecule has 1 aromatic rings. The van der Waals surface area contributed by atoms with Gasteiger partial charge in [-0.15, -0.1) is 0 Å². The molecule has 0 radical (unpaired) electrons. The number of rotatable bonds is 3. The molecule has 1 aromatic heterocycles.